The molecule has 0 fully saturated rings. The van der Waals surface area contributed by atoms with Crippen molar-refractivity contribution >= 4 is 114 Å². The minimum atomic E-state index is 0. The maximum Gasteiger partial charge on any atom is 0 e. The third kappa shape index (κ3) is 9.12. The van der Waals surface area contributed by atoms with Crippen LogP contribution in [0.1, 0.15) is 0 Å². The summed E-state index contributed by atoms with van der Waals surface area (Å²) in [4.78, 5) is 0. The van der Waals surface area contributed by atoms with Gasteiger partial charge >= 0.3 is 0 Å². The van der Waals surface area contributed by atoms with E-state index < -0.39 is 0 Å². The van der Waals surface area contributed by atoms with Crippen molar-refractivity contribution < 1.29 is 0 Å². The Kier molecular flexibility index (Phi) is 103. The number of hydrogen-bond donors (Lipinski definition) is 0. The fourth-order valence-electron chi connectivity index (χ4n) is 0. The van der Waals surface area contributed by atoms with Crippen LogP contribution in [0.15, 0.2) is 0 Å². The van der Waals surface area contributed by atoms with E-state index in [9.17, 15) is 0 Å². The first-order chi connectivity index (χ1) is 0. The summed E-state index contributed by atoms with van der Waals surface area (Å²) < 4.78 is 0. The first-order valence-electron chi connectivity index (χ1n) is 0. The third-order valence-corrected chi connectivity index (χ3v) is 0. The van der Waals surface area contributed by atoms with Crippen molar-refractivity contribution in [2.75, 3.05) is 0 Å². The van der Waals surface area contributed by atoms with Crippen LogP contribution in [0.5, 0.6) is 0 Å². The molecule has 0 bridgehead atoms. The van der Waals surface area contributed by atoms with Gasteiger partial charge < -0.3 is 0 Å². The van der Waals surface area contributed by atoms with Gasteiger partial charge in [-0.1, -0.05) is 0 Å². The van der Waals surface area contributed by atoms with Crippen LogP contribution in [-0.4, -0.2) is 114 Å². The Morgan fingerprint density at radius 1 is 1.00 bits per heavy atom. The molecule has 0 nitrogen and oxygen atoms in total. The van der Waals surface area contributed by atoms with Crippen molar-refractivity contribution in [1.29, 1.82) is 0 Å². The van der Waals surface area contributed by atoms with Crippen LogP contribution in [0.2, 0.25) is 0 Å². The summed E-state index contributed by atoms with van der Waals surface area (Å²) in [5.41, 5.74) is 0. The number of rotatable bonds is 0. The van der Waals surface area contributed by atoms with E-state index >= 15 is 0 Å². The zero-order valence-corrected chi connectivity index (χ0v) is 13.1. The van der Waals surface area contributed by atoms with Crippen molar-refractivity contribution in [1.82, 2.24) is 0 Å². The maximum absolute atomic E-state index is 0. The van der Waals surface area contributed by atoms with Crippen LogP contribution in [0.25, 0.3) is 0 Å². The van der Waals surface area contributed by atoms with Gasteiger partial charge in [0.25, 0.3) is 0 Å². The Morgan fingerprint density at radius 3 is 1.00 bits per heavy atom. The molecule has 0 spiro atoms. The molecule has 10 valence electrons. The molecule has 0 atom stereocenters. The summed E-state index contributed by atoms with van der Waals surface area (Å²) in [7, 11) is 0. The van der Waals surface area contributed by atoms with E-state index in [0.717, 1.165) is 0 Å². The normalized spacial score (nSPS) is 0. The first kappa shape index (κ1) is 25.7. The summed E-state index contributed by atoms with van der Waals surface area (Å²) in [6, 6.07) is 0. The average Bonchev–Trinajstić information content (AvgIpc) is 0. The van der Waals surface area contributed by atoms with Crippen molar-refractivity contribution in [2.45, 2.75) is 0 Å². The van der Waals surface area contributed by atoms with Gasteiger partial charge in [0, 0.05) is 114 Å². The van der Waals surface area contributed by atoms with Crippen molar-refractivity contribution in [3.05, 3.63) is 0 Å². The molecule has 0 rings (SSSR count). The van der Waals surface area contributed by atoms with Gasteiger partial charge in [-0.2, -0.15) is 0 Å². The van der Waals surface area contributed by atoms with Gasteiger partial charge in [0.2, 0.25) is 0 Å². The van der Waals surface area contributed by atoms with E-state index in [1.54, 1.807) is 0 Å². The van der Waals surface area contributed by atoms with Crippen LogP contribution in [-0.2, 0) is 0 Å². The molecule has 0 aromatic rings. The number of hydrogen-bond acceptors (Lipinski definition) is 0. The SMILES string of the molecule is [B].[Ba].[Na].[Pb]. The largest absolute Gasteiger partial charge is 0 e. The van der Waals surface area contributed by atoms with Crippen LogP contribution in [0.4, 0.5) is 0 Å². The van der Waals surface area contributed by atoms with Crippen molar-refractivity contribution in [2.24, 2.45) is 0 Å². The molecule has 0 saturated carbocycles. The molecular weight excluding hydrogens is 378 g/mol. The Morgan fingerprint density at radius 2 is 1.00 bits per heavy atom. The predicted molar refractivity (Wildman–Crippen MR) is 23.0 cm³/mol. The summed E-state index contributed by atoms with van der Waals surface area (Å²) >= 11 is 0. The van der Waals surface area contributed by atoms with E-state index in [0.29, 0.717) is 0 Å². The molecule has 4 heavy (non-hydrogen) atoms. The van der Waals surface area contributed by atoms with Gasteiger partial charge in [-0.3, -0.25) is 0 Å². The fourth-order valence-corrected chi connectivity index (χ4v) is 0. The van der Waals surface area contributed by atoms with Crippen LogP contribution in [0.3, 0.4) is 0 Å². The smallest absolute Gasteiger partial charge is 0 e. The molecule has 0 unspecified atom stereocenters. The molecule has 0 N–H and O–H groups in total. The van der Waals surface area contributed by atoms with Crippen LogP contribution < -0.4 is 0 Å². The van der Waals surface area contributed by atoms with E-state index in [4.69, 9.17) is 0 Å². The second-order valence-corrected chi connectivity index (χ2v) is 0. The average molecular weight is 378 g/mol. The topological polar surface area (TPSA) is 0 Å². The molecule has 0 aliphatic rings. The zero-order chi connectivity index (χ0) is 0. The monoisotopic (exact) mass is 380 g/mol. The minimum Gasteiger partial charge on any atom is 0 e. The second kappa shape index (κ2) is 16.0. The van der Waals surface area contributed by atoms with Gasteiger partial charge in [0.1, 0.15) is 0 Å². The van der Waals surface area contributed by atoms with E-state index in [2.05, 4.69) is 0 Å². The first-order valence-corrected chi connectivity index (χ1v) is 0. The molecule has 10 radical (unpaired) electrons. The molecule has 0 heterocycles. The maximum atomic E-state index is 0. The molecular formula is BBaNaPb. The standard InChI is InChI=1S/B.Ba.Na.Pb. The summed E-state index contributed by atoms with van der Waals surface area (Å²) in [6.07, 6.45) is 0. The second-order valence-electron chi connectivity index (χ2n) is 0. The van der Waals surface area contributed by atoms with Crippen molar-refractivity contribution in [3.63, 3.8) is 0 Å². The van der Waals surface area contributed by atoms with E-state index in [1.165, 1.54) is 0 Å². The zero-order valence-electron chi connectivity index (χ0n) is 2.78. The molecule has 0 aliphatic heterocycles. The summed E-state index contributed by atoms with van der Waals surface area (Å²) in [5, 5.41) is 0. The van der Waals surface area contributed by atoms with Gasteiger partial charge in [0.15, 0.2) is 0 Å². The van der Waals surface area contributed by atoms with E-state index in [1.807, 2.05) is 0 Å². The van der Waals surface area contributed by atoms with Crippen LogP contribution >= 0.6 is 0 Å². The molecule has 0 aromatic carbocycles. The van der Waals surface area contributed by atoms with Crippen LogP contribution in [0, 0.1) is 0 Å². The Balaban J connectivity index is 0. The van der Waals surface area contributed by atoms with Crippen molar-refractivity contribution in [3.8, 4) is 0 Å². The van der Waals surface area contributed by atoms with Gasteiger partial charge in [-0.05, 0) is 0 Å². The Bertz CT molecular complexity index is 8.00. The molecule has 0 amide bonds. The minimum absolute atomic E-state index is 0. The van der Waals surface area contributed by atoms with Gasteiger partial charge in [0.05, 0.1) is 0 Å². The summed E-state index contributed by atoms with van der Waals surface area (Å²) in [6.45, 7) is 0. The quantitative estimate of drug-likeness (QED) is 0.449. The molecule has 0 aliphatic carbocycles. The molecule has 4 heteroatoms. The third-order valence-electron chi connectivity index (χ3n) is 0. The molecule has 0 saturated heterocycles. The Labute approximate surface area is 111 Å². The van der Waals surface area contributed by atoms with E-state index in [-0.39, 0.29) is 114 Å². The summed E-state index contributed by atoms with van der Waals surface area (Å²) in [5.74, 6) is 0. The van der Waals surface area contributed by atoms with Gasteiger partial charge in [-0.25, -0.2) is 0 Å². The molecule has 0 aromatic heterocycles. The Hall–Kier alpha value is 3.56. The van der Waals surface area contributed by atoms with Gasteiger partial charge in [-0.15, -0.1) is 0 Å². The fraction of sp³-hybridized carbons (Fsp3) is 0. The predicted octanol–water partition coefficient (Wildman–Crippen LogP) is -1.52.